The molecule has 0 aromatic heterocycles. The van der Waals surface area contributed by atoms with E-state index in [9.17, 15) is 9.90 Å². The molecule has 0 aromatic carbocycles. The first-order valence-corrected chi connectivity index (χ1v) is 5.73. The summed E-state index contributed by atoms with van der Waals surface area (Å²) in [6, 6.07) is 0.451. The van der Waals surface area contributed by atoms with Gasteiger partial charge in [-0.25, -0.2) is 0 Å². The Morgan fingerprint density at radius 2 is 2.12 bits per heavy atom. The molecule has 16 heavy (non-hydrogen) atoms. The van der Waals surface area contributed by atoms with Gasteiger partial charge >= 0.3 is 0 Å². The van der Waals surface area contributed by atoms with E-state index in [1.54, 1.807) is 0 Å². The van der Waals surface area contributed by atoms with Crippen LogP contribution in [0.2, 0.25) is 0 Å². The Labute approximate surface area is 97.6 Å². The van der Waals surface area contributed by atoms with Crippen molar-refractivity contribution in [1.29, 1.82) is 0 Å². The van der Waals surface area contributed by atoms with E-state index in [1.807, 2.05) is 0 Å². The van der Waals surface area contributed by atoms with E-state index in [0.717, 1.165) is 13.0 Å². The van der Waals surface area contributed by atoms with E-state index in [-0.39, 0.29) is 19.1 Å². The lowest BCUT2D eigenvalue weighted by atomic mass is 10.2. The summed E-state index contributed by atoms with van der Waals surface area (Å²) < 4.78 is 4.75. The molecule has 0 aromatic rings. The molecule has 0 aliphatic heterocycles. The van der Waals surface area contributed by atoms with Gasteiger partial charge in [0.2, 0.25) is 5.91 Å². The quantitative estimate of drug-likeness (QED) is 0.485. The van der Waals surface area contributed by atoms with Crippen LogP contribution in [-0.4, -0.2) is 50.0 Å². The van der Waals surface area contributed by atoms with Gasteiger partial charge in [-0.05, 0) is 13.0 Å². The number of ether oxygens (including phenoxy) is 1. The molecule has 3 N–H and O–H groups in total. The molecule has 0 aliphatic carbocycles. The molecule has 0 fully saturated rings. The number of nitrogens with one attached hydrogen (secondary N) is 2. The molecule has 5 nitrogen and oxygen atoms in total. The Balaban J connectivity index is 3.37. The van der Waals surface area contributed by atoms with E-state index in [4.69, 9.17) is 4.74 Å². The predicted octanol–water partition coefficient (Wildman–Crippen LogP) is -0.112. The smallest absolute Gasteiger partial charge is 0.220 e. The first-order chi connectivity index (χ1) is 7.56. The number of carbonyl (C=O) groups excluding carboxylic acids is 1. The summed E-state index contributed by atoms with van der Waals surface area (Å²) >= 11 is 0. The maximum atomic E-state index is 11.3. The van der Waals surface area contributed by atoms with Crippen LogP contribution in [0.25, 0.3) is 0 Å². The highest BCUT2D eigenvalue weighted by atomic mass is 16.5. The highest BCUT2D eigenvalue weighted by Gasteiger charge is 2.06. The van der Waals surface area contributed by atoms with Gasteiger partial charge in [0, 0.05) is 26.1 Å². The highest BCUT2D eigenvalue weighted by molar-refractivity contribution is 5.75. The second-order valence-corrected chi connectivity index (χ2v) is 4.13. The summed E-state index contributed by atoms with van der Waals surface area (Å²) in [5.74, 6) is -0.0271. The fraction of sp³-hybridized carbons (Fsp3) is 0.909. The van der Waals surface area contributed by atoms with Crippen molar-refractivity contribution in [2.24, 2.45) is 0 Å². The first kappa shape index (κ1) is 15.3. The number of hydrogen-bond acceptors (Lipinski definition) is 4. The Bertz CT molecular complexity index is 186. The van der Waals surface area contributed by atoms with E-state index in [2.05, 4.69) is 24.5 Å². The highest BCUT2D eigenvalue weighted by Crippen LogP contribution is 1.89. The minimum Gasteiger partial charge on any atom is -0.389 e. The Morgan fingerprint density at radius 1 is 1.44 bits per heavy atom. The summed E-state index contributed by atoms with van der Waals surface area (Å²) in [5, 5.41) is 15.2. The molecule has 0 radical (unpaired) electrons. The molecule has 0 saturated carbocycles. The van der Waals surface area contributed by atoms with Crippen molar-refractivity contribution in [3.8, 4) is 0 Å². The monoisotopic (exact) mass is 232 g/mol. The molecule has 1 unspecified atom stereocenters. The summed E-state index contributed by atoms with van der Waals surface area (Å²) in [6.45, 7) is 5.48. The number of hydrogen-bond donors (Lipinski definition) is 3. The lowest BCUT2D eigenvalue weighted by Crippen LogP contribution is -2.34. The number of aliphatic hydroxyl groups excluding tert-OH is 1. The zero-order valence-corrected chi connectivity index (χ0v) is 10.5. The van der Waals surface area contributed by atoms with Crippen LogP contribution >= 0.6 is 0 Å². The second kappa shape index (κ2) is 9.57. The molecule has 0 rings (SSSR count). The van der Waals surface area contributed by atoms with Gasteiger partial charge in [0.25, 0.3) is 0 Å². The van der Waals surface area contributed by atoms with Gasteiger partial charge in [-0.2, -0.15) is 0 Å². The van der Waals surface area contributed by atoms with Crippen LogP contribution in [0.5, 0.6) is 0 Å². The third-order valence-corrected chi connectivity index (χ3v) is 2.03. The summed E-state index contributed by atoms with van der Waals surface area (Å²) in [7, 11) is 1.52. The van der Waals surface area contributed by atoms with E-state index < -0.39 is 6.10 Å². The third-order valence-electron chi connectivity index (χ3n) is 2.03. The lowest BCUT2D eigenvalue weighted by Gasteiger charge is -2.11. The normalized spacial score (nSPS) is 12.8. The Hall–Kier alpha value is -0.650. The van der Waals surface area contributed by atoms with Gasteiger partial charge in [-0.3, -0.25) is 4.79 Å². The van der Waals surface area contributed by atoms with E-state index >= 15 is 0 Å². The molecule has 1 amide bonds. The van der Waals surface area contributed by atoms with Crippen molar-refractivity contribution >= 4 is 5.91 Å². The van der Waals surface area contributed by atoms with Crippen LogP contribution in [0.1, 0.15) is 26.7 Å². The van der Waals surface area contributed by atoms with Gasteiger partial charge in [0.1, 0.15) is 0 Å². The van der Waals surface area contributed by atoms with Gasteiger partial charge < -0.3 is 20.5 Å². The fourth-order valence-corrected chi connectivity index (χ4v) is 1.21. The van der Waals surface area contributed by atoms with Crippen LogP contribution in [-0.2, 0) is 9.53 Å². The molecule has 0 heterocycles. The number of methoxy groups -OCH3 is 1. The minimum atomic E-state index is -0.622. The van der Waals surface area contributed by atoms with Crippen LogP contribution in [0.4, 0.5) is 0 Å². The summed E-state index contributed by atoms with van der Waals surface area (Å²) in [4.78, 5) is 11.3. The number of aliphatic hydroxyl groups is 1. The van der Waals surface area contributed by atoms with Crippen LogP contribution in [0.3, 0.4) is 0 Å². The third kappa shape index (κ3) is 9.89. The fourth-order valence-electron chi connectivity index (χ4n) is 1.21. The standard InChI is InChI=1S/C11H24N2O3/c1-9(2)12-6-4-5-11(15)13-7-10(14)8-16-3/h9-10,12,14H,4-8H2,1-3H3,(H,13,15). The van der Waals surface area contributed by atoms with Crippen LogP contribution in [0.15, 0.2) is 0 Å². The second-order valence-electron chi connectivity index (χ2n) is 4.13. The zero-order chi connectivity index (χ0) is 12.4. The summed E-state index contributed by atoms with van der Waals surface area (Å²) in [5.41, 5.74) is 0. The first-order valence-electron chi connectivity index (χ1n) is 5.73. The lowest BCUT2D eigenvalue weighted by molar-refractivity contribution is -0.121. The van der Waals surface area contributed by atoms with Crippen molar-refractivity contribution in [3.63, 3.8) is 0 Å². The Kier molecular flexibility index (Phi) is 9.18. The largest absolute Gasteiger partial charge is 0.389 e. The van der Waals surface area contributed by atoms with E-state index in [1.165, 1.54) is 7.11 Å². The van der Waals surface area contributed by atoms with Crippen molar-refractivity contribution < 1.29 is 14.6 Å². The molecule has 5 heteroatoms. The van der Waals surface area contributed by atoms with Gasteiger partial charge in [-0.15, -0.1) is 0 Å². The maximum Gasteiger partial charge on any atom is 0.220 e. The van der Waals surface area contributed by atoms with Crippen LogP contribution < -0.4 is 10.6 Å². The van der Waals surface area contributed by atoms with Crippen LogP contribution in [0, 0.1) is 0 Å². The van der Waals surface area contributed by atoms with Crippen molar-refractivity contribution in [1.82, 2.24) is 10.6 Å². The topological polar surface area (TPSA) is 70.6 Å². The number of carbonyl (C=O) groups is 1. The molecule has 96 valence electrons. The Morgan fingerprint density at radius 3 is 2.69 bits per heavy atom. The van der Waals surface area contributed by atoms with E-state index in [0.29, 0.717) is 12.5 Å². The average molecular weight is 232 g/mol. The molecule has 0 spiro atoms. The predicted molar refractivity (Wildman–Crippen MR) is 63.3 cm³/mol. The van der Waals surface area contributed by atoms with Gasteiger partial charge in [0.15, 0.2) is 0 Å². The zero-order valence-electron chi connectivity index (χ0n) is 10.5. The van der Waals surface area contributed by atoms with Gasteiger partial charge in [-0.1, -0.05) is 13.8 Å². The molecule has 0 bridgehead atoms. The molecule has 1 atom stereocenters. The van der Waals surface area contributed by atoms with Crippen molar-refractivity contribution in [2.75, 3.05) is 26.8 Å². The van der Waals surface area contributed by atoms with Gasteiger partial charge in [0.05, 0.1) is 12.7 Å². The summed E-state index contributed by atoms with van der Waals surface area (Å²) in [6.07, 6.45) is 0.673. The van der Waals surface area contributed by atoms with Crippen molar-refractivity contribution in [2.45, 2.75) is 38.8 Å². The average Bonchev–Trinajstić information content (AvgIpc) is 2.22. The number of rotatable bonds is 9. The maximum absolute atomic E-state index is 11.3. The molecule has 0 aliphatic rings. The molecular formula is C11H24N2O3. The minimum absolute atomic E-state index is 0.0271. The molecular weight excluding hydrogens is 208 g/mol. The number of amides is 1. The molecule has 0 saturated heterocycles. The van der Waals surface area contributed by atoms with Crippen molar-refractivity contribution in [3.05, 3.63) is 0 Å². The SMILES string of the molecule is COCC(O)CNC(=O)CCCNC(C)C.